The lowest BCUT2D eigenvalue weighted by Gasteiger charge is -2.40. The van der Waals surface area contributed by atoms with Crippen molar-refractivity contribution in [2.24, 2.45) is 5.92 Å². The Morgan fingerprint density at radius 2 is 2.12 bits per heavy atom. The van der Waals surface area contributed by atoms with E-state index in [2.05, 4.69) is 25.5 Å². The zero-order chi connectivity index (χ0) is 24.1. The van der Waals surface area contributed by atoms with Crippen LogP contribution in [-0.4, -0.2) is 70.6 Å². The molecule has 2 unspecified atom stereocenters. The zero-order valence-corrected chi connectivity index (χ0v) is 20.0. The van der Waals surface area contributed by atoms with Crippen molar-refractivity contribution in [2.45, 2.75) is 19.4 Å². The topological polar surface area (TPSA) is 123 Å². The normalized spacial score (nSPS) is 22.2. The molecular weight excluding hydrogens is 456 g/mol. The maximum absolute atomic E-state index is 12.6. The van der Waals surface area contributed by atoms with Gasteiger partial charge in [0, 0.05) is 62.5 Å². The summed E-state index contributed by atoms with van der Waals surface area (Å²) in [5.41, 5.74) is 0.220. The molecule has 4 rings (SSSR count). The molecule has 2 aliphatic rings. The molecule has 180 valence electrons. The van der Waals surface area contributed by atoms with Gasteiger partial charge in [-0.25, -0.2) is 9.78 Å². The first-order chi connectivity index (χ1) is 16.4. The molecule has 0 bridgehead atoms. The number of rotatable bonds is 8. The van der Waals surface area contributed by atoms with Gasteiger partial charge in [-0.1, -0.05) is 12.2 Å². The number of nitrogens with zero attached hydrogens (tertiary/aromatic N) is 4. The number of ether oxygens (including phenoxy) is 1. The van der Waals surface area contributed by atoms with Gasteiger partial charge in [-0.2, -0.15) is 0 Å². The monoisotopic (exact) mass is 484 g/mol. The van der Waals surface area contributed by atoms with Crippen molar-refractivity contribution >= 4 is 23.1 Å². The fourth-order valence-electron chi connectivity index (χ4n) is 4.25. The van der Waals surface area contributed by atoms with Crippen molar-refractivity contribution in [1.29, 1.82) is 0 Å². The van der Waals surface area contributed by atoms with Crippen LogP contribution in [0.15, 0.2) is 48.5 Å². The summed E-state index contributed by atoms with van der Waals surface area (Å²) in [6, 6.07) is 3.63. The summed E-state index contributed by atoms with van der Waals surface area (Å²) in [5.74, 6) is -0.549. The van der Waals surface area contributed by atoms with Crippen LogP contribution < -0.4 is 10.6 Å². The van der Waals surface area contributed by atoms with E-state index in [9.17, 15) is 14.9 Å². The second kappa shape index (κ2) is 10.3. The zero-order valence-electron chi connectivity index (χ0n) is 19.2. The SMILES string of the molecule is CCOC(=O)c1sc(-c2ccncc2)nc1NCC1C=CC=C(N2CCNCC2)C1(C)[N+](=O)[O-]. The Balaban J connectivity index is 1.60. The minimum Gasteiger partial charge on any atom is -0.462 e. The molecule has 1 aliphatic carbocycles. The maximum atomic E-state index is 12.6. The van der Waals surface area contributed by atoms with Gasteiger partial charge < -0.3 is 20.3 Å². The van der Waals surface area contributed by atoms with Gasteiger partial charge in [-0.15, -0.1) is 11.3 Å². The first kappa shape index (κ1) is 23.8. The van der Waals surface area contributed by atoms with Crippen LogP contribution in [0.2, 0.25) is 0 Å². The van der Waals surface area contributed by atoms with Crippen molar-refractivity contribution in [3.05, 3.63) is 63.4 Å². The highest BCUT2D eigenvalue weighted by Gasteiger charge is 2.51. The van der Waals surface area contributed by atoms with E-state index in [0.717, 1.165) is 31.7 Å². The van der Waals surface area contributed by atoms with Gasteiger partial charge in [0.2, 0.25) is 0 Å². The van der Waals surface area contributed by atoms with E-state index < -0.39 is 17.4 Å². The van der Waals surface area contributed by atoms with E-state index in [1.54, 1.807) is 26.2 Å². The van der Waals surface area contributed by atoms with Crippen molar-refractivity contribution in [1.82, 2.24) is 20.2 Å². The minimum absolute atomic E-state index is 0.202. The molecule has 3 heterocycles. The number of hydrogen-bond acceptors (Lipinski definition) is 10. The summed E-state index contributed by atoms with van der Waals surface area (Å²) >= 11 is 1.22. The van der Waals surface area contributed by atoms with Crippen molar-refractivity contribution < 1.29 is 14.5 Å². The third kappa shape index (κ3) is 4.66. The molecule has 11 heteroatoms. The number of carbonyl (C=O) groups excluding carboxylic acids is 1. The molecular formula is C23H28N6O4S. The number of anilines is 1. The van der Waals surface area contributed by atoms with E-state index in [-0.39, 0.29) is 18.1 Å². The number of esters is 1. The molecule has 0 amide bonds. The molecule has 0 aromatic carbocycles. The first-order valence-corrected chi connectivity index (χ1v) is 12.1. The minimum atomic E-state index is -1.31. The number of aromatic nitrogens is 2. The van der Waals surface area contributed by atoms with Gasteiger partial charge in [0.05, 0.1) is 18.2 Å². The third-order valence-corrected chi connectivity index (χ3v) is 7.26. The van der Waals surface area contributed by atoms with E-state index >= 15 is 0 Å². The van der Waals surface area contributed by atoms with Gasteiger partial charge >= 0.3 is 5.97 Å². The Morgan fingerprint density at radius 1 is 1.38 bits per heavy atom. The molecule has 0 radical (unpaired) electrons. The van der Waals surface area contributed by atoms with E-state index in [0.29, 0.717) is 21.4 Å². The summed E-state index contributed by atoms with van der Waals surface area (Å²) in [7, 11) is 0. The van der Waals surface area contributed by atoms with Gasteiger partial charge in [0.25, 0.3) is 5.54 Å². The van der Waals surface area contributed by atoms with Crippen LogP contribution in [0.3, 0.4) is 0 Å². The lowest BCUT2D eigenvalue weighted by Crippen LogP contribution is -2.55. The summed E-state index contributed by atoms with van der Waals surface area (Å²) in [6.45, 7) is 6.92. The third-order valence-electron chi connectivity index (χ3n) is 6.18. The van der Waals surface area contributed by atoms with Gasteiger partial charge in [0.15, 0.2) is 10.7 Å². The molecule has 34 heavy (non-hydrogen) atoms. The van der Waals surface area contributed by atoms with Gasteiger partial charge in [0.1, 0.15) is 5.01 Å². The lowest BCUT2D eigenvalue weighted by molar-refractivity contribution is -0.564. The largest absolute Gasteiger partial charge is 0.462 e. The molecule has 2 aromatic heterocycles. The molecule has 2 atom stereocenters. The smallest absolute Gasteiger partial charge is 0.352 e. The number of nitro groups is 1. The van der Waals surface area contributed by atoms with E-state index in [1.807, 2.05) is 30.4 Å². The highest BCUT2D eigenvalue weighted by molar-refractivity contribution is 7.17. The number of allylic oxidation sites excluding steroid dienone is 2. The predicted octanol–water partition coefficient (Wildman–Crippen LogP) is 2.80. The van der Waals surface area contributed by atoms with Crippen LogP contribution in [-0.2, 0) is 4.74 Å². The molecule has 2 N–H and O–H groups in total. The van der Waals surface area contributed by atoms with Crippen LogP contribution in [0.5, 0.6) is 0 Å². The Hall–Kier alpha value is -3.31. The van der Waals surface area contributed by atoms with Gasteiger partial charge in [-0.05, 0) is 25.1 Å². The van der Waals surface area contributed by atoms with Crippen LogP contribution in [0.1, 0.15) is 23.5 Å². The number of pyridine rings is 1. The summed E-state index contributed by atoms with van der Waals surface area (Å²) in [5, 5.41) is 19.5. The molecule has 0 spiro atoms. The number of thiazole rings is 1. The predicted molar refractivity (Wildman–Crippen MR) is 130 cm³/mol. The van der Waals surface area contributed by atoms with E-state index in [1.165, 1.54) is 11.3 Å². The Morgan fingerprint density at radius 3 is 2.79 bits per heavy atom. The average Bonchev–Trinajstić information content (AvgIpc) is 3.29. The number of carbonyl (C=O) groups is 1. The van der Waals surface area contributed by atoms with Crippen LogP contribution in [0.25, 0.3) is 10.6 Å². The summed E-state index contributed by atoms with van der Waals surface area (Å²) < 4.78 is 5.22. The second-order valence-corrected chi connectivity index (χ2v) is 9.22. The Kier molecular flexibility index (Phi) is 7.23. The second-order valence-electron chi connectivity index (χ2n) is 8.22. The van der Waals surface area contributed by atoms with E-state index in [4.69, 9.17) is 4.74 Å². The molecule has 10 nitrogen and oxygen atoms in total. The Labute approximate surface area is 201 Å². The van der Waals surface area contributed by atoms with Crippen LogP contribution in [0, 0.1) is 16.0 Å². The summed E-state index contributed by atoms with van der Waals surface area (Å²) in [4.78, 5) is 35.8. The number of nitrogens with one attached hydrogen (secondary N) is 2. The van der Waals surface area contributed by atoms with Crippen LogP contribution in [0.4, 0.5) is 5.82 Å². The first-order valence-electron chi connectivity index (χ1n) is 11.3. The molecule has 1 aliphatic heterocycles. The fourth-order valence-corrected chi connectivity index (χ4v) is 5.19. The molecule has 0 saturated carbocycles. The van der Waals surface area contributed by atoms with Crippen molar-refractivity contribution in [2.75, 3.05) is 44.6 Å². The highest BCUT2D eigenvalue weighted by Crippen LogP contribution is 2.37. The molecule has 2 aromatic rings. The maximum Gasteiger partial charge on any atom is 0.352 e. The summed E-state index contributed by atoms with van der Waals surface area (Å²) in [6.07, 6.45) is 8.89. The van der Waals surface area contributed by atoms with Gasteiger partial charge in [-0.3, -0.25) is 15.1 Å². The molecule has 1 saturated heterocycles. The highest BCUT2D eigenvalue weighted by atomic mass is 32.1. The fraction of sp³-hybridized carbons (Fsp3) is 0.435. The Bertz CT molecular complexity index is 1100. The molecule has 1 fully saturated rings. The average molecular weight is 485 g/mol. The standard InChI is InChI=1S/C23H28N6O4S/c1-3-33-22(30)19-20(27-21(34-19)16-7-9-24-10-8-16)26-15-17-5-4-6-18(23(17,2)29(31)32)28-13-11-25-12-14-28/h4-10,17,25-26H,3,11-15H2,1-2H3. The van der Waals surface area contributed by atoms with Crippen LogP contribution >= 0.6 is 11.3 Å². The lowest BCUT2D eigenvalue weighted by atomic mass is 9.79. The quantitative estimate of drug-likeness (QED) is 0.331. The van der Waals surface area contributed by atoms with Crippen molar-refractivity contribution in [3.63, 3.8) is 0 Å². The number of piperazine rings is 1. The van der Waals surface area contributed by atoms with Crippen molar-refractivity contribution in [3.8, 4) is 10.6 Å². The number of hydrogen-bond donors (Lipinski definition) is 2.